The maximum Gasteiger partial charge on any atom is 0.191 e. The van der Waals surface area contributed by atoms with Crippen molar-refractivity contribution in [3.63, 3.8) is 0 Å². The third-order valence-corrected chi connectivity index (χ3v) is 2.90. The van der Waals surface area contributed by atoms with Crippen LogP contribution in [0.15, 0.2) is 17.3 Å². The number of hydrogen-bond donors (Lipinski definition) is 1. The van der Waals surface area contributed by atoms with Crippen molar-refractivity contribution in [2.75, 3.05) is 32.8 Å². The van der Waals surface area contributed by atoms with Crippen LogP contribution in [0.4, 0.5) is 0 Å². The number of aryl methyl sites for hydroxylation is 1. The lowest BCUT2D eigenvalue weighted by molar-refractivity contribution is 0.0674. The van der Waals surface area contributed by atoms with Crippen molar-refractivity contribution in [3.8, 4) is 0 Å². The van der Waals surface area contributed by atoms with E-state index in [4.69, 9.17) is 10.5 Å². The van der Waals surface area contributed by atoms with Gasteiger partial charge in [0, 0.05) is 45.0 Å². The van der Waals surface area contributed by atoms with Crippen molar-refractivity contribution in [2.45, 2.75) is 6.42 Å². The van der Waals surface area contributed by atoms with E-state index >= 15 is 0 Å². The van der Waals surface area contributed by atoms with E-state index in [1.807, 2.05) is 17.8 Å². The number of aliphatic imine (C=N–C) groups is 1. The number of morpholine rings is 1. The Labute approximate surface area is 124 Å². The zero-order valence-corrected chi connectivity index (χ0v) is 12.9. The Morgan fingerprint density at radius 1 is 1.50 bits per heavy atom. The van der Waals surface area contributed by atoms with Crippen molar-refractivity contribution in [1.29, 1.82) is 0 Å². The molecule has 0 spiro atoms. The monoisotopic (exact) mass is 365 g/mol. The SMILES string of the molecule is Cn1nccc1CCN=C(N)N1CCOCC1.I. The van der Waals surface area contributed by atoms with Gasteiger partial charge in [-0.15, -0.1) is 24.0 Å². The number of aromatic nitrogens is 2. The number of hydrogen-bond acceptors (Lipinski definition) is 3. The molecular weight excluding hydrogens is 345 g/mol. The lowest BCUT2D eigenvalue weighted by atomic mass is 10.3. The molecule has 0 atom stereocenters. The van der Waals surface area contributed by atoms with Gasteiger partial charge in [0.1, 0.15) is 0 Å². The van der Waals surface area contributed by atoms with E-state index in [1.165, 1.54) is 5.69 Å². The molecule has 7 heteroatoms. The van der Waals surface area contributed by atoms with Gasteiger partial charge in [-0.25, -0.2) is 0 Å². The average Bonchev–Trinajstić information content (AvgIpc) is 2.76. The first kappa shape index (κ1) is 15.2. The minimum Gasteiger partial charge on any atom is -0.378 e. The van der Waals surface area contributed by atoms with Crippen molar-refractivity contribution in [3.05, 3.63) is 18.0 Å². The fourth-order valence-electron chi connectivity index (χ4n) is 1.82. The molecule has 0 radical (unpaired) electrons. The van der Waals surface area contributed by atoms with Crippen LogP contribution in [0.5, 0.6) is 0 Å². The summed E-state index contributed by atoms with van der Waals surface area (Å²) in [7, 11) is 1.93. The first-order chi connectivity index (χ1) is 8.27. The van der Waals surface area contributed by atoms with E-state index in [1.54, 1.807) is 6.20 Å². The van der Waals surface area contributed by atoms with Crippen LogP contribution in [0.25, 0.3) is 0 Å². The van der Waals surface area contributed by atoms with Gasteiger partial charge >= 0.3 is 0 Å². The second-order valence-corrected chi connectivity index (χ2v) is 4.04. The summed E-state index contributed by atoms with van der Waals surface area (Å²) in [6.07, 6.45) is 2.66. The van der Waals surface area contributed by atoms with Gasteiger partial charge in [0.05, 0.1) is 13.2 Å². The maximum atomic E-state index is 5.92. The molecule has 0 aliphatic carbocycles. The van der Waals surface area contributed by atoms with E-state index < -0.39 is 0 Å². The number of halogens is 1. The summed E-state index contributed by atoms with van der Waals surface area (Å²) < 4.78 is 7.13. The van der Waals surface area contributed by atoms with Gasteiger partial charge in [-0.1, -0.05) is 0 Å². The van der Waals surface area contributed by atoms with Gasteiger partial charge < -0.3 is 15.4 Å². The van der Waals surface area contributed by atoms with Crippen LogP contribution >= 0.6 is 24.0 Å². The third-order valence-electron chi connectivity index (χ3n) is 2.90. The van der Waals surface area contributed by atoms with E-state index in [2.05, 4.69) is 15.0 Å². The molecular formula is C11H20IN5O. The predicted octanol–water partition coefficient (Wildman–Crippen LogP) is 0.227. The van der Waals surface area contributed by atoms with E-state index in [9.17, 15) is 0 Å². The molecule has 0 saturated carbocycles. The number of nitrogens with zero attached hydrogens (tertiary/aromatic N) is 4. The largest absolute Gasteiger partial charge is 0.378 e. The molecule has 1 fully saturated rings. The van der Waals surface area contributed by atoms with E-state index in [0.717, 1.165) is 32.7 Å². The Morgan fingerprint density at radius 2 is 2.22 bits per heavy atom. The highest BCUT2D eigenvalue weighted by atomic mass is 127. The second-order valence-electron chi connectivity index (χ2n) is 4.04. The highest BCUT2D eigenvalue weighted by Gasteiger charge is 2.11. The van der Waals surface area contributed by atoms with Crippen LogP contribution in [0.3, 0.4) is 0 Å². The third kappa shape index (κ3) is 4.13. The minimum absolute atomic E-state index is 0. The number of nitrogens with two attached hydrogens (primary N) is 1. The summed E-state index contributed by atoms with van der Waals surface area (Å²) in [6.45, 7) is 3.83. The minimum atomic E-state index is 0. The molecule has 6 nitrogen and oxygen atoms in total. The Hall–Kier alpha value is -0.830. The van der Waals surface area contributed by atoms with Crippen LogP contribution in [0, 0.1) is 0 Å². The number of rotatable bonds is 3. The molecule has 1 aliphatic rings. The van der Waals surface area contributed by atoms with Gasteiger partial charge in [0.15, 0.2) is 5.96 Å². The second kappa shape index (κ2) is 7.57. The van der Waals surface area contributed by atoms with Crippen LogP contribution in [0.1, 0.15) is 5.69 Å². The van der Waals surface area contributed by atoms with Gasteiger partial charge in [-0.2, -0.15) is 5.10 Å². The Kier molecular flexibility index (Phi) is 6.41. The quantitative estimate of drug-likeness (QED) is 0.473. The standard InChI is InChI=1S/C11H19N5O.HI/c1-15-10(3-5-14-15)2-4-13-11(12)16-6-8-17-9-7-16;/h3,5H,2,4,6-9H2,1H3,(H2,12,13);1H. The Bertz CT molecular complexity index is 387. The van der Waals surface area contributed by atoms with Crippen molar-refractivity contribution >= 4 is 29.9 Å². The Morgan fingerprint density at radius 3 is 2.83 bits per heavy atom. The lowest BCUT2D eigenvalue weighted by Gasteiger charge is -2.27. The van der Waals surface area contributed by atoms with E-state index in [-0.39, 0.29) is 24.0 Å². The Balaban J connectivity index is 0.00000162. The summed E-state index contributed by atoms with van der Waals surface area (Å²) in [5.41, 5.74) is 7.09. The molecule has 0 unspecified atom stereocenters. The first-order valence-corrected chi connectivity index (χ1v) is 5.87. The maximum absolute atomic E-state index is 5.92. The molecule has 18 heavy (non-hydrogen) atoms. The van der Waals surface area contributed by atoms with Gasteiger partial charge in [0.25, 0.3) is 0 Å². The summed E-state index contributed by atoms with van der Waals surface area (Å²) in [5.74, 6) is 0.621. The molecule has 2 N–H and O–H groups in total. The summed E-state index contributed by atoms with van der Waals surface area (Å²) >= 11 is 0. The number of ether oxygens (including phenoxy) is 1. The van der Waals surface area contributed by atoms with Gasteiger partial charge in [-0.05, 0) is 6.07 Å². The zero-order valence-electron chi connectivity index (χ0n) is 10.6. The van der Waals surface area contributed by atoms with Crippen molar-refractivity contribution in [2.24, 2.45) is 17.8 Å². The summed E-state index contributed by atoms with van der Waals surface area (Å²) in [6, 6.07) is 2.00. The zero-order chi connectivity index (χ0) is 12.1. The lowest BCUT2D eigenvalue weighted by Crippen LogP contribution is -2.44. The molecule has 2 heterocycles. The first-order valence-electron chi connectivity index (χ1n) is 5.87. The molecule has 102 valence electrons. The smallest absolute Gasteiger partial charge is 0.191 e. The van der Waals surface area contributed by atoms with Gasteiger partial charge in [0.2, 0.25) is 0 Å². The normalized spacial score (nSPS) is 16.5. The molecule has 1 aromatic heterocycles. The topological polar surface area (TPSA) is 68.7 Å². The van der Waals surface area contributed by atoms with Crippen LogP contribution < -0.4 is 5.73 Å². The van der Waals surface area contributed by atoms with Crippen molar-refractivity contribution < 1.29 is 4.74 Å². The van der Waals surface area contributed by atoms with Crippen LogP contribution in [0.2, 0.25) is 0 Å². The molecule has 1 saturated heterocycles. The molecule has 0 aromatic carbocycles. The summed E-state index contributed by atoms with van der Waals surface area (Å²) in [4.78, 5) is 6.45. The molecule has 2 rings (SSSR count). The highest BCUT2D eigenvalue weighted by Crippen LogP contribution is 1.99. The van der Waals surface area contributed by atoms with Crippen molar-refractivity contribution in [1.82, 2.24) is 14.7 Å². The fourth-order valence-corrected chi connectivity index (χ4v) is 1.82. The average molecular weight is 365 g/mol. The molecule has 0 bridgehead atoms. The predicted molar refractivity (Wildman–Crippen MR) is 81.2 cm³/mol. The van der Waals surface area contributed by atoms with E-state index in [0.29, 0.717) is 12.5 Å². The van der Waals surface area contributed by atoms with Crippen LogP contribution in [-0.4, -0.2) is 53.5 Å². The van der Waals surface area contributed by atoms with Crippen LogP contribution in [-0.2, 0) is 18.2 Å². The molecule has 1 aliphatic heterocycles. The summed E-state index contributed by atoms with van der Waals surface area (Å²) in [5, 5.41) is 4.11. The van der Waals surface area contributed by atoms with Gasteiger partial charge in [-0.3, -0.25) is 9.67 Å². The molecule has 1 aromatic rings. The number of guanidine groups is 1. The highest BCUT2D eigenvalue weighted by molar-refractivity contribution is 14.0. The fraction of sp³-hybridized carbons (Fsp3) is 0.636. The molecule has 0 amide bonds.